The Morgan fingerprint density at radius 1 is 1.37 bits per heavy atom. The molecule has 1 aliphatic rings. The maximum Gasteiger partial charge on any atom is 0.407 e. The summed E-state index contributed by atoms with van der Waals surface area (Å²) < 4.78 is 5.92. The van der Waals surface area contributed by atoms with Gasteiger partial charge in [0.15, 0.2) is 0 Å². The molecule has 2 N–H and O–H groups in total. The number of benzene rings is 2. The van der Waals surface area contributed by atoms with Gasteiger partial charge in [-0.15, -0.1) is 6.58 Å². The summed E-state index contributed by atoms with van der Waals surface area (Å²) in [6.07, 6.45) is 1.78. The average Bonchev–Trinajstić information content (AvgIpc) is 2.77. The topological polar surface area (TPSA) is 70.0 Å². The molecule has 0 radical (unpaired) electrons. The molecule has 0 aliphatic carbocycles. The van der Waals surface area contributed by atoms with E-state index in [9.17, 15) is 15.0 Å². The van der Waals surface area contributed by atoms with Crippen LogP contribution in [0.2, 0.25) is 5.02 Å². The van der Waals surface area contributed by atoms with Crippen LogP contribution in [-0.4, -0.2) is 47.0 Å². The van der Waals surface area contributed by atoms with Gasteiger partial charge in [0.05, 0.1) is 13.2 Å². The van der Waals surface area contributed by atoms with E-state index >= 15 is 0 Å². The summed E-state index contributed by atoms with van der Waals surface area (Å²) >= 11 is 6.64. The number of hydrogen-bond acceptors (Lipinski definition) is 3. The van der Waals surface area contributed by atoms with Crippen LogP contribution in [0, 0.1) is 0 Å². The summed E-state index contributed by atoms with van der Waals surface area (Å²) in [4.78, 5) is 12.8. The number of hydrogen-bond donors (Lipinski definition) is 2. The molecule has 5 nitrogen and oxygen atoms in total. The first-order valence-corrected chi connectivity index (χ1v) is 10.6. The molecule has 1 fully saturated rings. The van der Waals surface area contributed by atoms with Gasteiger partial charge < -0.3 is 19.8 Å². The molecule has 3 rings (SSSR count). The predicted molar refractivity (Wildman–Crippen MR) is 119 cm³/mol. The molecule has 1 saturated heterocycles. The third-order valence-corrected chi connectivity index (χ3v) is 6.02. The van der Waals surface area contributed by atoms with Crippen LogP contribution in [0.4, 0.5) is 4.79 Å². The Bertz CT molecular complexity index is 916. The number of aryl methyl sites for hydroxylation is 1. The number of aliphatic hydroxyl groups is 1. The molecular weight excluding hydrogens is 402 g/mol. The molecule has 0 aromatic heterocycles. The van der Waals surface area contributed by atoms with Gasteiger partial charge in [0, 0.05) is 17.1 Å². The van der Waals surface area contributed by atoms with Crippen molar-refractivity contribution in [2.75, 3.05) is 19.7 Å². The highest BCUT2D eigenvalue weighted by Crippen LogP contribution is 2.42. The van der Waals surface area contributed by atoms with E-state index in [4.69, 9.17) is 16.3 Å². The van der Waals surface area contributed by atoms with Crippen LogP contribution in [0.5, 0.6) is 0 Å². The van der Waals surface area contributed by atoms with Crippen molar-refractivity contribution >= 4 is 17.7 Å². The van der Waals surface area contributed by atoms with E-state index in [-0.39, 0.29) is 19.7 Å². The molecule has 0 bridgehead atoms. The van der Waals surface area contributed by atoms with E-state index in [1.165, 1.54) is 10.5 Å². The molecular formula is C24H28ClNO4. The lowest BCUT2D eigenvalue weighted by Gasteiger charge is -2.42. The van der Waals surface area contributed by atoms with Crippen molar-refractivity contribution in [1.29, 1.82) is 0 Å². The SMILES string of the molecule is C=CCC[C@@](O)(c1cccc(Cl)c1-c1cccc(CC)c1)[C@H]1CN(C(=O)O)CCO1. The van der Waals surface area contributed by atoms with Crippen LogP contribution in [0.1, 0.15) is 30.9 Å². The van der Waals surface area contributed by atoms with Gasteiger partial charge in [-0.2, -0.15) is 0 Å². The highest BCUT2D eigenvalue weighted by atomic mass is 35.5. The summed E-state index contributed by atoms with van der Waals surface area (Å²) in [5.41, 5.74) is 2.04. The monoisotopic (exact) mass is 429 g/mol. The minimum absolute atomic E-state index is 0.0872. The fourth-order valence-electron chi connectivity index (χ4n) is 4.03. The molecule has 2 atom stereocenters. The number of halogens is 1. The smallest absolute Gasteiger partial charge is 0.407 e. The quantitative estimate of drug-likeness (QED) is 0.600. The Kier molecular flexibility index (Phi) is 7.19. The summed E-state index contributed by atoms with van der Waals surface area (Å²) in [7, 11) is 0. The zero-order valence-electron chi connectivity index (χ0n) is 17.2. The van der Waals surface area contributed by atoms with Gasteiger partial charge in [0.2, 0.25) is 0 Å². The molecule has 0 unspecified atom stereocenters. The van der Waals surface area contributed by atoms with E-state index in [0.717, 1.165) is 17.5 Å². The molecule has 1 amide bonds. The third-order valence-electron chi connectivity index (χ3n) is 5.70. The lowest BCUT2D eigenvalue weighted by molar-refractivity contribution is -0.146. The van der Waals surface area contributed by atoms with Crippen LogP contribution in [0.3, 0.4) is 0 Å². The highest BCUT2D eigenvalue weighted by Gasteiger charge is 2.44. The fourth-order valence-corrected chi connectivity index (χ4v) is 4.31. The molecule has 6 heteroatoms. The first kappa shape index (κ1) is 22.3. The molecule has 30 heavy (non-hydrogen) atoms. The van der Waals surface area contributed by atoms with Crippen LogP contribution in [0.25, 0.3) is 11.1 Å². The second kappa shape index (κ2) is 9.65. The molecule has 160 valence electrons. The van der Waals surface area contributed by atoms with Crippen molar-refractivity contribution in [1.82, 2.24) is 4.90 Å². The van der Waals surface area contributed by atoms with Crippen molar-refractivity contribution in [2.24, 2.45) is 0 Å². The number of rotatable bonds is 7. The Morgan fingerprint density at radius 3 is 2.83 bits per heavy atom. The number of amides is 1. The first-order valence-electron chi connectivity index (χ1n) is 10.2. The van der Waals surface area contributed by atoms with Crippen LogP contribution in [-0.2, 0) is 16.8 Å². The van der Waals surface area contributed by atoms with Gasteiger partial charge in [-0.3, -0.25) is 0 Å². The number of morpholine rings is 1. The van der Waals surface area contributed by atoms with Gasteiger partial charge in [-0.05, 0) is 42.0 Å². The first-order chi connectivity index (χ1) is 14.4. The molecule has 0 saturated carbocycles. The van der Waals surface area contributed by atoms with E-state index in [0.29, 0.717) is 23.4 Å². The van der Waals surface area contributed by atoms with E-state index < -0.39 is 17.8 Å². The van der Waals surface area contributed by atoms with Crippen molar-refractivity contribution < 1.29 is 19.7 Å². The summed E-state index contributed by atoms with van der Waals surface area (Å²) in [5.74, 6) is 0. The average molecular weight is 430 g/mol. The minimum Gasteiger partial charge on any atom is -0.465 e. The summed E-state index contributed by atoms with van der Waals surface area (Å²) in [6, 6.07) is 13.5. The van der Waals surface area contributed by atoms with Crippen molar-refractivity contribution in [3.8, 4) is 11.1 Å². The Labute approximate surface area is 182 Å². The second-order valence-corrected chi connectivity index (χ2v) is 7.96. The summed E-state index contributed by atoms with van der Waals surface area (Å²) in [6.45, 7) is 6.47. The molecule has 2 aromatic carbocycles. The van der Waals surface area contributed by atoms with Gasteiger partial charge >= 0.3 is 6.09 Å². The van der Waals surface area contributed by atoms with Crippen LogP contribution >= 0.6 is 11.6 Å². The van der Waals surface area contributed by atoms with Crippen molar-refractivity contribution in [3.63, 3.8) is 0 Å². The van der Waals surface area contributed by atoms with E-state index in [2.05, 4.69) is 25.6 Å². The number of carboxylic acid groups (broad SMARTS) is 1. The predicted octanol–water partition coefficient (Wildman–Crippen LogP) is 5.10. The number of ether oxygens (including phenoxy) is 1. The Morgan fingerprint density at radius 2 is 2.13 bits per heavy atom. The zero-order chi connectivity index (χ0) is 21.7. The maximum absolute atomic E-state index is 12.0. The molecule has 2 aromatic rings. The normalized spacial score (nSPS) is 18.6. The minimum atomic E-state index is -1.43. The fraction of sp³-hybridized carbons (Fsp3) is 0.375. The summed E-state index contributed by atoms with van der Waals surface area (Å²) in [5, 5.41) is 22.0. The second-order valence-electron chi connectivity index (χ2n) is 7.56. The maximum atomic E-state index is 12.0. The lowest BCUT2D eigenvalue weighted by Crippen LogP contribution is -2.54. The Balaban J connectivity index is 2.13. The number of carbonyl (C=O) groups is 1. The van der Waals surface area contributed by atoms with Gasteiger partial charge in [0.25, 0.3) is 0 Å². The number of nitrogens with zero attached hydrogens (tertiary/aromatic N) is 1. The molecule has 1 heterocycles. The van der Waals surface area contributed by atoms with E-state index in [1.807, 2.05) is 24.3 Å². The molecule has 0 spiro atoms. The van der Waals surface area contributed by atoms with Gasteiger partial charge in [0.1, 0.15) is 11.7 Å². The van der Waals surface area contributed by atoms with E-state index in [1.54, 1.807) is 12.1 Å². The van der Waals surface area contributed by atoms with Crippen molar-refractivity contribution in [3.05, 3.63) is 71.3 Å². The van der Waals surface area contributed by atoms with Gasteiger partial charge in [-0.1, -0.05) is 61.0 Å². The molecule has 1 aliphatic heterocycles. The van der Waals surface area contributed by atoms with Crippen LogP contribution < -0.4 is 0 Å². The highest BCUT2D eigenvalue weighted by molar-refractivity contribution is 6.33. The number of allylic oxidation sites excluding steroid dienone is 1. The third kappa shape index (κ3) is 4.53. The largest absolute Gasteiger partial charge is 0.465 e. The zero-order valence-corrected chi connectivity index (χ0v) is 17.9. The van der Waals surface area contributed by atoms with Crippen molar-refractivity contribution in [2.45, 2.75) is 37.9 Å². The standard InChI is InChI=1S/C24H28ClNO4/c1-3-5-12-24(29,21-16-26(23(27)28)13-14-30-21)19-10-7-11-20(25)22(19)18-9-6-8-17(4-2)15-18/h3,6-11,15,21,29H,1,4-5,12-14,16H2,2H3,(H,27,28)/t21-,24-/m1/s1. The van der Waals surface area contributed by atoms with Crippen LogP contribution in [0.15, 0.2) is 55.1 Å². The lowest BCUT2D eigenvalue weighted by atomic mass is 9.79. The Hall–Kier alpha value is -2.34. The van der Waals surface area contributed by atoms with Gasteiger partial charge in [-0.25, -0.2) is 4.79 Å².